The minimum Gasteiger partial charge on any atom is -0.481 e. The molecule has 4 rings (SSSR count). The van der Waals surface area contributed by atoms with Gasteiger partial charge in [-0.25, -0.2) is 9.78 Å². The molecule has 3 aromatic rings. The van der Waals surface area contributed by atoms with Crippen molar-refractivity contribution in [1.82, 2.24) is 20.3 Å². The number of rotatable bonds is 7. The molecule has 0 saturated carbocycles. The highest BCUT2D eigenvalue weighted by Gasteiger charge is 2.24. The van der Waals surface area contributed by atoms with Gasteiger partial charge < -0.3 is 25.0 Å². The number of carbonyl (C=O) groups excluding carboxylic acids is 2. The van der Waals surface area contributed by atoms with Gasteiger partial charge >= 0.3 is 12.0 Å². The Morgan fingerprint density at radius 3 is 2.72 bits per heavy atom. The number of nitriles is 1. The van der Waals surface area contributed by atoms with E-state index in [0.29, 0.717) is 42.0 Å². The van der Waals surface area contributed by atoms with Crippen molar-refractivity contribution in [3.63, 3.8) is 0 Å². The van der Waals surface area contributed by atoms with Gasteiger partial charge in [-0.1, -0.05) is 23.5 Å². The number of nitrogens with one attached hydrogen (secondary N) is 3. The maximum absolute atomic E-state index is 12.7. The van der Waals surface area contributed by atoms with Gasteiger partial charge in [-0.2, -0.15) is 15.2 Å². The topological polar surface area (TPSA) is 154 Å². The number of aromatic nitrogens is 3. The zero-order chi connectivity index (χ0) is 25.7. The second-order valence-electron chi connectivity index (χ2n) is 7.76. The number of urea groups is 1. The number of ether oxygens (including phenoxy) is 2. The molecule has 1 aromatic carbocycles. The molecule has 186 valence electrons. The third-order valence-corrected chi connectivity index (χ3v) is 6.29. The summed E-state index contributed by atoms with van der Waals surface area (Å²) in [5.41, 5.74) is 1.47. The minimum atomic E-state index is -0.662. The van der Waals surface area contributed by atoms with E-state index in [2.05, 4.69) is 35.8 Å². The number of amides is 3. The van der Waals surface area contributed by atoms with Crippen molar-refractivity contribution in [2.24, 2.45) is 0 Å². The molecule has 0 radical (unpaired) electrons. The molecular weight excluding hydrogens is 484 g/mol. The molecule has 0 spiro atoms. The minimum absolute atomic E-state index is 0.217. The number of methoxy groups -OCH3 is 2. The summed E-state index contributed by atoms with van der Waals surface area (Å²) in [5, 5.41) is 17.4. The van der Waals surface area contributed by atoms with E-state index in [9.17, 15) is 9.59 Å². The number of thiazole rings is 1. The van der Waals surface area contributed by atoms with Crippen LogP contribution < -0.4 is 30.3 Å². The van der Waals surface area contributed by atoms with Crippen LogP contribution in [-0.2, 0) is 13.0 Å². The molecule has 1 atom stereocenters. The maximum atomic E-state index is 12.7. The van der Waals surface area contributed by atoms with Gasteiger partial charge in [-0.15, -0.1) is 0 Å². The van der Waals surface area contributed by atoms with Gasteiger partial charge in [-0.3, -0.25) is 10.1 Å². The summed E-state index contributed by atoms with van der Waals surface area (Å²) in [6.45, 7) is 2.80. The first-order chi connectivity index (χ1) is 17.4. The Balaban J connectivity index is 1.44. The fraction of sp³-hybridized carbons (Fsp3) is 0.304. The number of carbonyl (C=O) groups is 2. The molecule has 0 fully saturated rings. The van der Waals surface area contributed by atoms with Gasteiger partial charge in [0.25, 0.3) is 5.91 Å². The van der Waals surface area contributed by atoms with Crippen LogP contribution in [0.15, 0.2) is 30.3 Å². The molecule has 1 aliphatic heterocycles. The highest BCUT2D eigenvalue weighted by atomic mass is 32.1. The summed E-state index contributed by atoms with van der Waals surface area (Å²) in [7, 11) is 3.03. The van der Waals surface area contributed by atoms with Gasteiger partial charge in [0, 0.05) is 23.9 Å². The second-order valence-corrected chi connectivity index (χ2v) is 8.85. The maximum Gasteiger partial charge on any atom is 0.325 e. The van der Waals surface area contributed by atoms with Crippen molar-refractivity contribution >= 4 is 39.9 Å². The van der Waals surface area contributed by atoms with Crippen LogP contribution >= 0.6 is 11.3 Å². The Kier molecular flexibility index (Phi) is 7.45. The van der Waals surface area contributed by atoms with Gasteiger partial charge in [0.1, 0.15) is 11.9 Å². The molecule has 0 bridgehead atoms. The molecule has 13 heteroatoms. The van der Waals surface area contributed by atoms with Crippen LogP contribution in [0.3, 0.4) is 0 Å². The zero-order valence-electron chi connectivity index (χ0n) is 19.9. The number of anilines is 3. The fourth-order valence-corrected chi connectivity index (χ4v) is 4.56. The summed E-state index contributed by atoms with van der Waals surface area (Å²) in [6.07, 6.45) is 0.670. The predicted molar refractivity (Wildman–Crippen MR) is 134 cm³/mol. The smallest absolute Gasteiger partial charge is 0.325 e. The van der Waals surface area contributed by atoms with Crippen LogP contribution in [0.2, 0.25) is 0 Å². The molecule has 0 aliphatic carbocycles. The number of nitrogens with zero attached hydrogens (tertiary/aromatic N) is 5. The predicted octanol–water partition coefficient (Wildman–Crippen LogP) is 2.80. The SMILES string of the molecule is COc1cc(N2CCc3nc(NC(=O)Nc4ccccc4C(=O)NC(C)C#N)sc3C2)nc(OC)n1. The van der Waals surface area contributed by atoms with Crippen molar-refractivity contribution in [3.05, 3.63) is 46.5 Å². The Morgan fingerprint density at radius 1 is 1.17 bits per heavy atom. The van der Waals surface area contributed by atoms with E-state index < -0.39 is 18.0 Å². The Hall–Kier alpha value is -4.44. The van der Waals surface area contributed by atoms with Crippen LogP contribution in [0, 0.1) is 11.3 Å². The van der Waals surface area contributed by atoms with E-state index in [-0.39, 0.29) is 11.6 Å². The molecule has 0 saturated heterocycles. The second kappa shape index (κ2) is 10.9. The molecule has 12 nitrogen and oxygen atoms in total. The number of fused-ring (bicyclic) bond motifs is 1. The first kappa shape index (κ1) is 24.7. The van der Waals surface area contributed by atoms with Crippen molar-refractivity contribution in [1.29, 1.82) is 5.26 Å². The monoisotopic (exact) mass is 508 g/mol. The van der Waals surface area contributed by atoms with Gasteiger partial charge in [0.05, 0.1) is 43.8 Å². The molecule has 3 N–H and O–H groups in total. The van der Waals surface area contributed by atoms with E-state index in [1.165, 1.54) is 25.6 Å². The summed E-state index contributed by atoms with van der Waals surface area (Å²) < 4.78 is 10.4. The summed E-state index contributed by atoms with van der Waals surface area (Å²) in [4.78, 5) is 41.3. The average Bonchev–Trinajstić information content (AvgIpc) is 3.29. The van der Waals surface area contributed by atoms with Crippen LogP contribution in [0.4, 0.5) is 21.4 Å². The van der Waals surface area contributed by atoms with E-state index >= 15 is 0 Å². The van der Waals surface area contributed by atoms with Crippen LogP contribution in [-0.4, -0.2) is 53.7 Å². The highest BCUT2D eigenvalue weighted by molar-refractivity contribution is 7.15. The van der Waals surface area contributed by atoms with E-state index in [1.54, 1.807) is 37.3 Å². The lowest BCUT2D eigenvalue weighted by Gasteiger charge is -2.27. The lowest BCUT2D eigenvalue weighted by molar-refractivity contribution is 0.0948. The van der Waals surface area contributed by atoms with Gasteiger partial charge in [-0.05, 0) is 19.1 Å². The first-order valence-electron chi connectivity index (χ1n) is 11.0. The fourth-order valence-electron chi connectivity index (χ4n) is 3.54. The number of hydrogen-bond donors (Lipinski definition) is 3. The van der Waals surface area contributed by atoms with Crippen LogP contribution in [0.25, 0.3) is 0 Å². The molecule has 3 amide bonds. The average molecular weight is 509 g/mol. The van der Waals surface area contributed by atoms with Crippen LogP contribution in [0.5, 0.6) is 11.9 Å². The number of para-hydroxylation sites is 1. The van der Waals surface area contributed by atoms with E-state index in [4.69, 9.17) is 14.7 Å². The normalized spacial score (nSPS) is 13.1. The van der Waals surface area contributed by atoms with Crippen molar-refractivity contribution in [2.45, 2.75) is 25.9 Å². The largest absolute Gasteiger partial charge is 0.481 e. The summed E-state index contributed by atoms with van der Waals surface area (Å²) in [5.74, 6) is 0.621. The van der Waals surface area contributed by atoms with Crippen molar-refractivity contribution in [3.8, 4) is 18.0 Å². The van der Waals surface area contributed by atoms with Gasteiger partial charge in [0.2, 0.25) is 5.88 Å². The quantitative estimate of drug-likeness (QED) is 0.437. The van der Waals surface area contributed by atoms with E-state index in [0.717, 1.165) is 10.6 Å². The standard InChI is InChI=1S/C23H24N8O4S/c1-13(11-24)25-20(32)14-6-4-5-7-15(14)26-21(33)30-23-27-16-8-9-31(12-17(16)36-23)18-10-19(34-2)29-22(28-18)35-3/h4-7,10,13H,8-9,12H2,1-3H3,(H,25,32)(H2,26,27,30,33). The Morgan fingerprint density at radius 2 is 1.97 bits per heavy atom. The Labute approximate surface area is 211 Å². The molecule has 3 heterocycles. The van der Waals surface area contributed by atoms with Gasteiger partial charge in [0.15, 0.2) is 5.13 Å². The number of hydrogen-bond acceptors (Lipinski definition) is 10. The molecule has 1 aliphatic rings. The van der Waals surface area contributed by atoms with Crippen LogP contribution in [0.1, 0.15) is 27.9 Å². The van der Waals surface area contributed by atoms with Crippen molar-refractivity contribution in [2.75, 3.05) is 36.3 Å². The molecular formula is C23H24N8O4S. The van der Waals surface area contributed by atoms with E-state index in [1.807, 2.05) is 6.07 Å². The summed E-state index contributed by atoms with van der Waals surface area (Å²) in [6, 6.07) is 9.28. The lowest BCUT2D eigenvalue weighted by atomic mass is 10.1. The van der Waals surface area contributed by atoms with Crippen molar-refractivity contribution < 1.29 is 19.1 Å². The number of benzene rings is 1. The third-order valence-electron chi connectivity index (χ3n) is 5.30. The first-order valence-corrected chi connectivity index (χ1v) is 11.8. The summed E-state index contributed by atoms with van der Waals surface area (Å²) >= 11 is 1.37. The molecule has 36 heavy (non-hydrogen) atoms. The molecule has 1 unspecified atom stereocenters. The molecule has 2 aromatic heterocycles. The zero-order valence-corrected chi connectivity index (χ0v) is 20.7. The third kappa shape index (κ3) is 5.61. The lowest BCUT2D eigenvalue weighted by Crippen LogP contribution is -2.32. The highest BCUT2D eigenvalue weighted by Crippen LogP contribution is 2.31. The Bertz CT molecular complexity index is 1300.